The number of hydrogen-bond donors (Lipinski definition) is 10. The van der Waals surface area contributed by atoms with Crippen LogP contribution >= 0.6 is 0 Å². The number of nitrogens with one attached hydrogen (secondary N) is 10. The standard InChI is InChI=1S/C54H68N16O10S2/c1-37-9-19-45(39(3)49(37)57-47(71)33-69-27-25-65(5)35-69)81(77,78)63-43-15-11-41(12-16-43)59-61-53(75)51(73)55-21-7-23-67-29-31-68(32-30-67)24-8-22-56-52(74)54(76)62-60-42-13-17-44(18-14-42)64-82(79,80)46-20-10-38(2)50(40(46)4)58-48(72)34-70-28-26-66(6)36-70/h9-20,25-28,35-36H,7-8,21-24,29-34H2,1-6H3,(H8-2,55,56,57,58,59,60,61,62,63,64,71,72,73,74,75,76)/p+2. The molecule has 4 aromatic carbocycles. The zero-order chi connectivity index (χ0) is 59.1. The molecule has 1 fully saturated rings. The van der Waals surface area contributed by atoms with Crippen LogP contribution in [0.25, 0.3) is 0 Å². The number of hydrazine groups is 2. The predicted molar refractivity (Wildman–Crippen MR) is 306 cm³/mol. The molecule has 28 heteroatoms. The first-order chi connectivity index (χ1) is 39.0. The van der Waals surface area contributed by atoms with Crippen LogP contribution in [-0.2, 0) is 76.0 Å². The molecule has 0 atom stereocenters. The molecule has 1 saturated heterocycles. The highest BCUT2D eigenvalue weighted by Gasteiger charge is 2.25. The topological polar surface area (TPSA) is 315 Å². The van der Waals surface area contributed by atoms with E-state index in [1.54, 1.807) is 95.5 Å². The Kier molecular flexibility index (Phi) is 20.4. The van der Waals surface area contributed by atoms with E-state index in [2.05, 4.69) is 62.2 Å². The Balaban J connectivity index is 0.725. The Bertz CT molecular complexity index is 3290. The molecule has 0 bridgehead atoms. The normalized spacial score (nSPS) is 12.9. The van der Waals surface area contributed by atoms with E-state index in [1.807, 2.05) is 14.1 Å². The number of rotatable bonds is 24. The monoisotopic (exact) mass is 1170 g/mol. The van der Waals surface area contributed by atoms with Crippen LogP contribution in [0, 0.1) is 27.7 Å². The Labute approximate surface area is 476 Å². The van der Waals surface area contributed by atoms with Crippen LogP contribution in [0.2, 0.25) is 0 Å². The number of benzene rings is 4. The summed E-state index contributed by atoms with van der Waals surface area (Å²) in [7, 11) is -4.47. The van der Waals surface area contributed by atoms with Gasteiger partial charge in [-0.05, 0) is 137 Å². The second-order valence-electron chi connectivity index (χ2n) is 19.8. The van der Waals surface area contributed by atoms with Gasteiger partial charge in [-0.1, -0.05) is 12.1 Å². The van der Waals surface area contributed by atoms with Crippen LogP contribution in [0.4, 0.5) is 34.1 Å². The molecule has 26 nitrogen and oxygen atoms in total. The van der Waals surface area contributed by atoms with Gasteiger partial charge >= 0.3 is 23.6 Å². The van der Waals surface area contributed by atoms with E-state index >= 15 is 0 Å². The van der Waals surface area contributed by atoms with E-state index in [-0.39, 0.29) is 59.2 Å². The highest BCUT2D eigenvalue weighted by Crippen LogP contribution is 2.30. The first-order valence-electron chi connectivity index (χ1n) is 26.2. The molecule has 436 valence electrons. The van der Waals surface area contributed by atoms with Crippen LogP contribution < -0.4 is 61.5 Å². The van der Waals surface area contributed by atoms with Gasteiger partial charge in [0.1, 0.15) is 24.8 Å². The number of nitrogens with zero attached hydrogens (tertiary/aromatic N) is 6. The fourth-order valence-electron chi connectivity index (χ4n) is 8.94. The first-order valence-corrected chi connectivity index (χ1v) is 29.2. The van der Waals surface area contributed by atoms with Crippen molar-refractivity contribution < 1.29 is 54.7 Å². The highest BCUT2D eigenvalue weighted by molar-refractivity contribution is 7.93. The summed E-state index contributed by atoms with van der Waals surface area (Å²) in [6.07, 6.45) is 11.9. The number of aryl methyl sites for hydroxylation is 4. The van der Waals surface area contributed by atoms with Gasteiger partial charge in [-0.25, -0.2) is 35.1 Å². The molecule has 6 aromatic rings. The summed E-state index contributed by atoms with van der Waals surface area (Å²) in [5, 5.41) is 10.9. The van der Waals surface area contributed by atoms with E-state index in [9.17, 15) is 45.6 Å². The minimum atomic E-state index is -4.07. The van der Waals surface area contributed by atoms with Gasteiger partial charge in [-0.2, -0.15) is 0 Å². The third-order valence-corrected chi connectivity index (χ3v) is 16.4. The smallest absolute Gasteiger partial charge is 0.327 e. The summed E-state index contributed by atoms with van der Waals surface area (Å²) < 4.78 is 66.0. The maximum Gasteiger partial charge on any atom is 0.327 e. The lowest BCUT2D eigenvalue weighted by atomic mass is 10.1. The Morgan fingerprint density at radius 2 is 0.841 bits per heavy atom. The third-order valence-electron chi connectivity index (χ3n) is 13.3. The van der Waals surface area contributed by atoms with E-state index < -0.39 is 43.7 Å². The molecular formula is C54H70N16O10S2+2. The van der Waals surface area contributed by atoms with Crippen molar-refractivity contribution in [3.63, 3.8) is 0 Å². The molecule has 3 heterocycles. The van der Waals surface area contributed by atoms with Gasteiger partial charge in [-0.3, -0.25) is 59.9 Å². The number of imidazole rings is 2. The molecule has 0 saturated carbocycles. The number of sulfonamides is 2. The third kappa shape index (κ3) is 17.1. The zero-order valence-corrected chi connectivity index (χ0v) is 48.1. The molecule has 1 aliphatic rings. The Morgan fingerprint density at radius 3 is 1.18 bits per heavy atom. The number of aromatic nitrogens is 4. The minimum absolute atomic E-state index is 0.00791. The second kappa shape index (κ2) is 27.5. The summed E-state index contributed by atoms with van der Waals surface area (Å²) in [6.45, 7) is 12.0. The maximum atomic E-state index is 13.5. The van der Waals surface area contributed by atoms with Crippen molar-refractivity contribution >= 4 is 89.6 Å². The van der Waals surface area contributed by atoms with E-state index in [0.717, 1.165) is 26.2 Å². The molecule has 7 rings (SSSR count). The van der Waals surface area contributed by atoms with Crippen molar-refractivity contribution in [1.82, 2.24) is 40.4 Å². The molecule has 82 heavy (non-hydrogen) atoms. The summed E-state index contributed by atoms with van der Waals surface area (Å²) in [5.74, 6) is -4.09. The van der Waals surface area contributed by atoms with Gasteiger partial charge in [0.2, 0.25) is 12.7 Å². The lowest BCUT2D eigenvalue weighted by Gasteiger charge is -2.34. The molecular weight excluding hydrogens is 1100 g/mol. The Hall–Kier alpha value is -8.86. The van der Waals surface area contributed by atoms with Crippen molar-refractivity contribution in [3.05, 3.63) is 132 Å². The second-order valence-corrected chi connectivity index (χ2v) is 23.1. The molecule has 0 spiro atoms. The van der Waals surface area contributed by atoms with E-state index in [0.29, 0.717) is 70.9 Å². The quantitative estimate of drug-likeness (QED) is 0.0177. The fourth-order valence-corrected chi connectivity index (χ4v) is 11.6. The number of amides is 6. The number of hydrogen-bond acceptors (Lipinski definition) is 14. The number of carbonyl (C=O) groups is 6. The average Bonchev–Trinajstić information content (AvgIpc) is 4.06. The van der Waals surface area contributed by atoms with Crippen molar-refractivity contribution in [1.29, 1.82) is 0 Å². The van der Waals surface area contributed by atoms with Gasteiger partial charge in [0.05, 0.1) is 35.3 Å². The number of carbonyl (C=O) groups excluding carboxylic acids is 6. The molecule has 10 N–H and O–H groups in total. The fraction of sp³-hybridized carbons (Fsp3) is 0.333. The molecule has 0 unspecified atom stereocenters. The van der Waals surface area contributed by atoms with Gasteiger partial charge in [0.25, 0.3) is 31.9 Å². The maximum absolute atomic E-state index is 13.5. The zero-order valence-electron chi connectivity index (χ0n) is 46.5. The minimum Gasteiger partial charge on any atom is -0.348 e. The predicted octanol–water partition coefficient (Wildman–Crippen LogP) is 1.27. The highest BCUT2D eigenvalue weighted by atomic mass is 32.2. The Morgan fingerprint density at radius 1 is 0.488 bits per heavy atom. The number of anilines is 6. The summed E-state index contributed by atoms with van der Waals surface area (Å²) in [4.78, 5) is 80.1. The van der Waals surface area contributed by atoms with Crippen LogP contribution in [0.1, 0.15) is 35.1 Å². The largest absolute Gasteiger partial charge is 0.348 e. The van der Waals surface area contributed by atoms with Crippen LogP contribution in [0.5, 0.6) is 0 Å². The van der Waals surface area contributed by atoms with Crippen molar-refractivity contribution in [2.24, 2.45) is 14.1 Å². The molecule has 0 aliphatic carbocycles. The molecule has 6 amide bonds. The van der Waals surface area contributed by atoms with Gasteiger partial charge in [0.15, 0.2) is 13.1 Å². The molecule has 2 aromatic heterocycles. The molecule has 1 aliphatic heterocycles. The van der Waals surface area contributed by atoms with Crippen LogP contribution in [-0.4, -0.2) is 124 Å². The molecule has 0 radical (unpaired) electrons. The van der Waals surface area contributed by atoms with Crippen molar-refractivity contribution in [2.75, 3.05) is 83.3 Å². The van der Waals surface area contributed by atoms with Crippen molar-refractivity contribution in [3.8, 4) is 0 Å². The average molecular weight is 1170 g/mol. The first kappa shape index (κ1) is 60.8. The van der Waals surface area contributed by atoms with Crippen LogP contribution in [0.3, 0.4) is 0 Å². The SMILES string of the molecule is Cc1ccc(S(=O)(=O)Nc2ccc(NNC(=O)C(=O)NCCCN3CCN(CCCNC(=O)C(=O)NNc4ccc(NS(=O)(=O)c5ccc(C)c(NC(=O)Cn6cc[n+](C)c6)c5C)cc4)CC3)cc2)c(C)c1NC(=O)Cn1cc[n+](C)c1. The van der Waals surface area contributed by atoms with Gasteiger partial charge in [-0.15, -0.1) is 0 Å². The summed E-state index contributed by atoms with van der Waals surface area (Å²) >= 11 is 0. The lowest BCUT2D eigenvalue weighted by Crippen LogP contribution is -2.48. The van der Waals surface area contributed by atoms with Gasteiger partial charge < -0.3 is 31.1 Å². The van der Waals surface area contributed by atoms with Crippen molar-refractivity contribution in [2.45, 2.75) is 63.4 Å². The number of piperazine rings is 1. The van der Waals surface area contributed by atoms with Gasteiger partial charge in [0, 0.05) is 62.0 Å². The summed E-state index contributed by atoms with van der Waals surface area (Å²) in [5.41, 5.74) is 14.2. The van der Waals surface area contributed by atoms with E-state index in [4.69, 9.17) is 0 Å². The lowest BCUT2D eigenvalue weighted by molar-refractivity contribution is -0.671. The summed E-state index contributed by atoms with van der Waals surface area (Å²) in [6, 6.07) is 18.3. The van der Waals surface area contributed by atoms with E-state index in [1.165, 1.54) is 60.7 Å². The van der Waals surface area contributed by atoms with Crippen LogP contribution in [0.15, 0.2) is 120 Å².